The first-order chi connectivity index (χ1) is 5.86. The molecule has 0 aliphatic heterocycles. The van der Waals surface area contributed by atoms with Gasteiger partial charge in [0.1, 0.15) is 0 Å². The van der Waals surface area contributed by atoms with Crippen LogP contribution in [0, 0.1) is 0 Å². The normalized spacial score (nSPS) is 17.1. The summed E-state index contributed by atoms with van der Waals surface area (Å²) < 4.78 is 0. The van der Waals surface area contributed by atoms with Crippen molar-refractivity contribution in [2.45, 2.75) is 72.2 Å². The molecule has 0 radical (unpaired) electrons. The predicted octanol–water partition coefficient (Wildman–Crippen LogP) is 2.26. The number of aliphatic hydroxyl groups is 1. The van der Waals surface area contributed by atoms with E-state index in [2.05, 4.69) is 39.5 Å². The fraction of sp³-hybridized carbons (Fsp3) is 1.00. The van der Waals surface area contributed by atoms with E-state index < -0.39 is 0 Å². The first-order valence-corrected chi connectivity index (χ1v) is 5.31. The standard InChI is InChI=1S/C11H25NO/c1-8(2)12(9(3)4)10(5)7-11(6)13/h8-11,13H,7H2,1-6H3. The van der Waals surface area contributed by atoms with Crippen molar-refractivity contribution in [2.24, 2.45) is 0 Å². The average molecular weight is 187 g/mol. The largest absolute Gasteiger partial charge is 0.393 e. The van der Waals surface area contributed by atoms with E-state index in [0.29, 0.717) is 18.1 Å². The maximum absolute atomic E-state index is 9.31. The van der Waals surface area contributed by atoms with Gasteiger partial charge in [0, 0.05) is 18.1 Å². The summed E-state index contributed by atoms with van der Waals surface area (Å²) in [6.45, 7) is 12.9. The third kappa shape index (κ3) is 4.63. The number of hydrogen-bond donors (Lipinski definition) is 1. The van der Waals surface area contributed by atoms with Gasteiger partial charge in [-0.3, -0.25) is 4.90 Å². The summed E-state index contributed by atoms with van der Waals surface area (Å²) in [4.78, 5) is 2.44. The summed E-state index contributed by atoms with van der Waals surface area (Å²) in [6, 6.07) is 1.56. The zero-order valence-electron chi connectivity index (χ0n) is 9.91. The molecular weight excluding hydrogens is 162 g/mol. The molecule has 0 bridgehead atoms. The van der Waals surface area contributed by atoms with Gasteiger partial charge in [0.05, 0.1) is 6.10 Å². The molecule has 1 N–H and O–H groups in total. The van der Waals surface area contributed by atoms with Crippen molar-refractivity contribution in [3.05, 3.63) is 0 Å². The van der Waals surface area contributed by atoms with Crippen LogP contribution < -0.4 is 0 Å². The van der Waals surface area contributed by atoms with E-state index in [1.165, 1.54) is 0 Å². The van der Waals surface area contributed by atoms with Crippen molar-refractivity contribution in [3.63, 3.8) is 0 Å². The Bertz CT molecular complexity index is 124. The van der Waals surface area contributed by atoms with Gasteiger partial charge in [-0.25, -0.2) is 0 Å². The topological polar surface area (TPSA) is 23.5 Å². The maximum Gasteiger partial charge on any atom is 0.0526 e. The Hall–Kier alpha value is -0.0800. The lowest BCUT2D eigenvalue weighted by atomic mass is 10.1. The third-order valence-corrected chi connectivity index (χ3v) is 2.38. The molecule has 0 spiro atoms. The van der Waals surface area contributed by atoms with E-state index in [9.17, 15) is 5.11 Å². The highest BCUT2D eigenvalue weighted by Crippen LogP contribution is 2.14. The SMILES string of the molecule is CC(O)CC(C)N(C(C)C)C(C)C. The van der Waals surface area contributed by atoms with Gasteiger partial charge in [-0.05, 0) is 48.0 Å². The Balaban J connectivity index is 4.20. The fourth-order valence-electron chi connectivity index (χ4n) is 2.23. The summed E-state index contributed by atoms with van der Waals surface area (Å²) >= 11 is 0. The third-order valence-electron chi connectivity index (χ3n) is 2.38. The summed E-state index contributed by atoms with van der Waals surface area (Å²) in [6.07, 6.45) is 0.658. The predicted molar refractivity (Wildman–Crippen MR) is 57.9 cm³/mol. The van der Waals surface area contributed by atoms with E-state index in [0.717, 1.165) is 6.42 Å². The summed E-state index contributed by atoms with van der Waals surface area (Å²) in [5, 5.41) is 9.31. The van der Waals surface area contributed by atoms with Crippen LogP contribution >= 0.6 is 0 Å². The monoisotopic (exact) mass is 187 g/mol. The quantitative estimate of drug-likeness (QED) is 0.713. The highest BCUT2D eigenvalue weighted by atomic mass is 16.3. The molecule has 80 valence electrons. The molecule has 0 aromatic carbocycles. The Labute approximate surface area is 82.9 Å². The van der Waals surface area contributed by atoms with Gasteiger partial charge in [-0.15, -0.1) is 0 Å². The van der Waals surface area contributed by atoms with Gasteiger partial charge >= 0.3 is 0 Å². The molecule has 2 heteroatoms. The Morgan fingerprint density at radius 1 is 0.923 bits per heavy atom. The fourth-order valence-corrected chi connectivity index (χ4v) is 2.23. The van der Waals surface area contributed by atoms with E-state index in [1.54, 1.807) is 0 Å². The molecule has 2 unspecified atom stereocenters. The lowest BCUT2D eigenvalue weighted by molar-refractivity contribution is 0.0771. The zero-order valence-corrected chi connectivity index (χ0v) is 9.91. The van der Waals surface area contributed by atoms with Crippen LogP contribution in [0.5, 0.6) is 0 Å². The summed E-state index contributed by atoms with van der Waals surface area (Å²) in [5.41, 5.74) is 0. The van der Waals surface area contributed by atoms with Gasteiger partial charge in [-0.2, -0.15) is 0 Å². The Kier molecular flexibility index (Phi) is 5.57. The molecule has 2 atom stereocenters. The lowest BCUT2D eigenvalue weighted by Gasteiger charge is -2.36. The molecule has 0 aromatic rings. The van der Waals surface area contributed by atoms with Crippen LogP contribution in [0.3, 0.4) is 0 Å². The smallest absolute Gasteiger partial charge is 0.0526 e. The molecule has 0 fully saturated rings. The molecular formula is C11H25NO. The Morgan fingerprint density at radius 2 is 1.31 bits per heavy atom. The molecule has 0 heterocycles. The van der Waals surface area contributed by atoms with Gasteiger partial charge < -0.3 is 5.11 Å². The highest BCUT2D eigenvalue weighted by molar-refractivity contribution is 4.75. The Morgan fingerprint density at radius 3 is 1.54 bits per heavy atom. The minimum Gasteiger partial charge on any atom is -0.393 e. The van der Waals surface area contributed by atoms with Crippen LogP contribution in [0.2, 0.25) is 0 Å². The second-order valence-electron chi connectivity index (χ2n) is 4.57. The average Bonchev–Trinajstić information content (AvgIpc) is 1.81. The number of rotatable bonds is 5. The number of nitrogens with zero attached hydrogens (tertiary/aromatic N) is 1. The molecule has 0 saturated carbocycles. The molecule has 13 heavy (non-hydrogen) atoms. The van der Waals surface area contributed by atoms with Crippen LogP contribution in [0.15, 0.2) is 0 Å². The first kappa shape index (κ1) is 12.9. The highest BCUT2D eigenvalue weighted by Gasteiger charge is 2.20. The first-order valence-electron chi connectivity index (χ1n) is 5.31. The van der Waals surface area contributed by atoms with Crippen molar-refractivity contribution in [3.8, 4) is 0 Å². The van der Waals surface area contributed by atoms with E-state index in [1.807, 2.05) is 6.92 Å². The van der Waals surface area contributed by atoms with Crippen molar-refractivity contribution >= 4 is 0 Å². The number of aliphatic hydroxyl groups excluding tert-OH is 1. The van der Waals surface area contributed by atoms with Gasteiger partial charge in [0.2, 0.25) is 0 Å². The number of hydrogen-bond acceptors (Lipinski definition) is 2. The maximum atomic E-state index is 9.31. The van der Waals surface area contributed by atoms with Crippen molar-refractivity contribution in [1.82, 2.24) is 4.90 Å². The minimum atomic E-state index is -0.199. The van der Waals surface area contributed by atoms with Crippen LogP contribution in [0.1, 0.15) is 48.0 Å². The van der Waals surface area contributed by atoms with Crippen LogP contribution in [0.4, 0.5) is 0 Å². The zero-order chi connectivity index (χ0) is 10.6. The van der Waals surface area contributed by atoms with Crippen molar-refractivity contribution in [1.29, 1.82) is 0 Å². The van der Waals surface area contributed by atoms with Gasteiger partial charge in [0.15, 0.2) is 0 Å². The van der Waals surface area contributed by atoms with E-state index in [4.69, 9.17) is 0 Å². The summed E-state index contributed by atoms with van der Waals surface area (Å²) in [7, 11) is 0. The molecule has 0 amide bonds. The van der Waals surface area contributed by atoms with Gasteiger partial charge in [0.25, 0.3) is 0 Å². The van der Waals surface area contributed by atoms with Crippen molar-refractivity contribution < 1.29 is 5.11 Å². The van der Waals surface area contributed by atoms with Crippen LogP contribution in [0.25, 0.3) is 0 Å². The molecule has 0 aliphatic rings. The minimum absolute atomic E-state index is 0.199. The van der Waals surface area contributed by atoms with Crippen LogP contribution in [-0.2, 0) is 0 Å². The molecule has 0 aliphatic carbocycles. The van der Waals surface area contributed by atoms with Gasteiger partial charge in [-0.1, -0.05) is 0 Å². The van der Waals surface area contributed by atoms with Crippen LogP contribution in [-0.4, -0.2) is 34.2 Å². The molecule has 0 rings (SSSR count). The van der Waals surface area contributed by atoms with E-state index >= 15 is 0 Å². The summed E-state index contributed by atoms with van der Waals surface area (Å²) in [5.74, 6) is 0. The lowest BCUT2D eigenvalue weighted by Crippen LogP contribution is -2.44. The second kappa shape index (κ2) is 5.61. The van der Waals surface area contributed by atoms with E-state index in [-0.39, 0.29) is 6.10 Å². The molecule has 2 nitrogen and oxygen atoms in total. The molecule has 0 aromatic heterocycles. The molecule has 0 saturated heterocycles. The van der Waals surface area contributed by atoms with Crippen molar-refractivity contribution in [2.75, 3.05) is 0 Å². The second-order valence-corrected chi connectivity index (χ2v) is 4.57.